The van der Waals surface area contributed by atoms with Crippen molar-refractivity contribution in [2.24, 2.45) is 0 Å². The van der Waals surface area contributed by atoms with Gasteiger partial charge in [-0.3, -0.25) is 0 Å². The maximum absolute atomic E-state index is 8.95. The van der Waals surface area contributed by atoms with Crippen molar-refractivity contribution >= 4 is 0 Å². The fourth-order valence-electron chi connectivity index (χ4n) is 1.08. The molecular formula is C9H23N3O. The highest BCUT2D eigenvalue weighted by Gasteiger charge is 2.07. The summed E-state index contributed by atoms with van der Waals surface area (Å²) < 4.78 is 0. The Labute approximate surface area is 81.5 Å². The second-order valence-electron chi connectivity index (χ2n) is 3.73. The van der Waals surface area contributed by atoms with E-state index in [1.807, 2.05) is 7.05 Å². The van der Waals surface area contributed by atoms with Crippen LogP contribution in [0.4, 0.5) is 0 Å². The van der Waals surface area contributed by atoms with Crippen molar-refractivity contribution in [2.45, 2.75) is 6.04 Å². The molecule has 0 heterocycles. The predicted octanol–water partition coefficient (Wildman–Crippen LogP) is -0.940. The molecule has 0 fully saturated rings. The highest BCUT2D eigenvalue weighted by Crippen LogP contribution is 1.88. The molecule has 0 aromatic heterocycles. The van der Waals surface area contributed by atoms with Gasteiger partial charge in [0.2, 0.25) is 0 Å². The van der Waals surface area contributed by atoms with Gasteiger partial charge in [-0.05, 0) is 28.2 Å². The van der Waals surface area contributed by atoms with E-state index >= 15 is 0 Å². The molecule has 0 aliphatic carbocycles. The molecule has 0 aliphatic heterocycles. The SMILES string of the molecule is CNC(CO)CN(C)CCN(C)C. The van der Waals surface area contributed by atoms with Crippen LogP contribution in [0.25, 0.3) is 0 Å². The van der Waals surface area contributed by atoms with E-state index < -0.39 is 0 Å². The number of aliphatic hydroxyl groups excluding tert-OH is 1. The van der Waals surface area contributed by atoms with Crippen molar-refractivity contribution in [3.63, 3.8) is 0 Å². The van der Waals surface area contributed by atoms with Gasteiger partial charge >= 0.3 is 0 Å². The van der Waals surface area contributed by atoms with E-state index in [0.29, 0.717) is 0 Å². The zero-order valence-corrected chi connectivity index (χ0v) is 9.25. The first-order valence-corrected chi connectivity index (χ1v) is 4.71. The van der Waals surface area contributed by atoms with E-state index in [4.69, 9.17) is 5.11 Å². The molecule has 0 spiro atoms. The van der Waals surface area contributed by atoms with Crippen molar-refractivity contribution in [3.05, 3.63) is 0 Å². The van der Waals surface area contributed by atoms with Crippen molar-refractivity contribution in [1.82, 2.24) is 15.1 Å². The molecule has 0 aromatic carbocycles. The van der Waals surface area contributed by atoms with Gasteiger partial charge < -0.3 is 20.2 Å². The van der Waals surface area contributed by atoms with Crippen LogP contribution in [0.5, 0.6) is 0 Å². The number of nitrogens with one attached hydrogen (secondary N) is 1. The molecule has 13 heavy (non-hydrogen) atoms. The van der Waals surface area contributed by atoms with Crippen molar-refractivity contribution < 1.29 is 5.11 Å². The topological polar surface area (TPSA) is 38.7 Å². The lowest BCUT2D eigenvalue weighted by Crippen LogP contribution is -2.42. The molecule has 0 amide bonds. The van der Waals surface area contributed by atoms with Gasteiger partial charge in [0.05, 0.1) is 6.61 Å². The number of hydrogen-bond donors (Lipinski definition) is 2. The van der Waals surface area contributed by atoms with Gasteiger partial charge in [0.15, 0.2) is 0 Å². The Morgan fingerprint density at radius 3 is 2.23 bits per heavy atom. The molecule has 0 aromatic rings. The molecule has 0 saturated carbocycles. The first-order valence-electron chi connectivity index (χ1n) is 4.71. The van der Waals surface area contributed by atoms with Crippen LogP contribution in [0.1, 0.15) is 0 Å². The molecule has 80 valence electrons. The second kappa shape index (κ2) is 7.26. The average molecular weight is 189 g/mol. The molecule has 1 atom stereocenters. The summed E-state index contributed by atoms with van der Waals surface area (Å²) in [5, 5.41) is 12.0. The minimum atomic E-state index is 0.187. The standard InChI is InChI=1S/C9H23N3O/c1-10-9(8-13)7-12(4)6-5-11(2)3/h9-10,13H,5-8H2,1-4H3. The fraction of sp³-hybridized carbons (Fsp3) is 1.00. The second-order valence-corrected chi connectivity index (χ2v) is 3.73. The molecule has 0 saturated heterocycles. The van der Waals surface area contributed by atoms with Crippen molar-refractivity contribution in [2.75, 3.05) is 54.4 Å². The molecule has 4 heteroatoms. The monoisotopic (exact) mass is 189 g/mol. The van der Waals surface area contributed by atoms with Gasteiger partial charge in [0, 0.05) is 25.7 Å². The van der Waals surface area contributed by atoms with E-state index in [-0.39, 0.29) is 12.6 Å². The molecule has 0 bridgehead atoms. The molecule has 0 aliphatic rings. The summed E-state index contributed by atoms with van der Waals surface area (Å²) in [4.78, 5) is 4.38. The Bertz CT molecular complexity index is 115. The summed E-state index contributed by atoms with van der Waals surface area (Å²) in [6, 6.07) is 0.187. The summed E-state index contributed by atoms with van der Waals surface area (Å²) >= 11 is 0. The first-order chi connectivity index (χ1) is 6.10. The highest BCUT2D eigenvalue weighted by atomic mass is 16.3. The van der Waals surface area contributed by atoms with Gasteiger partial charge in [-0.2, -0.15) is 0 Å². The lowest BCUT2D eigenvalue weighted by molar-refractivity contribution is 0.196. The minimum absolute atomic E-state index is 0.187. The Morgan fingerprint density at radius 2 is 1.85 bits per heavy atom. The molecule has 1 unspecified atom stereocenters. The quantitative estimate of drug-likeness (QED) is 0.542. The van der Waals surface area contributed by atoms with E-state index in [1.54, 1.807) is 0 Å². The third-order valence-corrected chi connectivity index (χ3v) is 2.09. The number of hydrogen-bond acceptors (Lipinski definition) is 4. The van der Waals surface area contributed by atoms with Gasteiger partial charge in [0.25, 0.3) is 0 Å². The summed E-state index contributed by atoms with van der Waals surface area (Å²) in [5.74, 6) is 0. The predicted molar refractivity (Wildman–Crippen MR) is 56.0 cm³/mol. The zero-order valence-electron chi connectivity index (χ0n) is 9.25. The molecular weight excluding hydrogens is 166 g/mol. The Balaban J connectivity index is 3.53. The van der Waals surface area contributed by atoms with Crippen LogP contribution < -0.4 is 5.32 Å². The van der Waals surface area contributed by atoms with Crippen LogP contribution in [0.15, 0.2) is 0 Å². The van der Waals surface area contributed by atoms with Gasteiger partial charge in [-0.25, -0.2) is 0 Å². The van der Waals surface area contributed by atoms with Crippen LogP contribution in [0, 0.1) is 0 Å². The molecule has 0 rings (SSSR count). The molecule has 2 N–H and O–H groups in total. The smallest absolute Gasteiger partial charge is 0.0597 e. The maximum atomic E-state index is 8.95. The Kier molecular flexibility index (Phi) is 7.17. The number of rotatable bonds is 7. The van der Waals surface area contributed by atoms with E-state index in [9.17, 15) is 0 Å². The van der Waals surface area contributed by atoms with Crippen LogP contribution in [-0.4, -0.2) is 75.4 Å². The van der Waals surface area contributed by atoms with Gasteiger partial charge in [-0.1, -0.05) is 0 Å². The summed E-state index contributed by atoms with van der Waals surface area (Å²) in [6.07, 6.45) is 0. The first kappa shape index (κ1) is 12.8. The van der Waals surface area contributed by atoms with Crippen LogP contribution in [-0.2, 0) is 0 Å². The third-order valence-electron chi connectivity index (χ3n) is 2.09. The Hall–Kier alpha value is -0.160. The van der Waals surface area contributed by atoms with E-state index in [2.05, 4.69) is 36.3 Å². The fourth-order valence-corrected chi connectivity index (χ4v) is 1.08. The van der Waals surface area contributed by atoms with Crippen molar-refractivity contribution in [1.29, 1.82) is 0 Å². The minimum Gasteiger partial charge on any atom is -0.395 e. The van der Waals surface area contributed by atoms with Crippen LogP contribution in [0.2, 0.25) is 0 Å². The summed E-state index contributed by atoms with van der Waals surface area (Å²) in [6.45, 7) is 3.17. The number of likely N-dealkylation sites (N-methyl/N-ethyl adjacent to an activating group) is 3. The average Bonchev–Trinajstić information content (AvgIpc) is 2.10. The highest BCUT2D eigenvalue weighted by molar-refractivity contribution is 4.67. The van der Waals surface area contributed by atoms with E-state index in [1.165, 1.54) is 0 Å². The summed E-state index contributed by atoms with van der Waals surface area (Å²) in [7, 11) is 8.08. The van der Waals surface area contributed by atoms with E-state index in [0.717, 1.165) is 19.6 Å². The molecule has 0 radical (unpaired) electrons. The maximum Gasteiger partial charge on any atom is 0.0597 e. The van der Waals surface area contributed by atoms with Gasteiger partial charge in [0.1, 0.15) is 0 Å². The largest absolute Gasteiger partial charge is 0.395 e. The number of aliphatic hydroxyl groups is 1. The number of nitrogens with zero attached hydrogens (tertiary/aromatic N) is 2. The normalized spacial score (nSPS) is 14.1. The summed E-state index contributed by atoms with van der Waals surface area (Å²) in [5.41, 5.74) is 0. The lowest BCUT2D eigenvalue weighted by Gasteiger charge is -2.23. The molecule has 4 nitrogen and oxygen atoms in total. The third kappa shape index (κ3) is 6.95. The van der Waals surface area contributed by atoms with Crippen LogP contribution in [0.3, 0.4) is 0 Å². The lowest BCUT2D eigenvalue weighted by atomic mass is 10.3. The van der Waals surface area contributed by atoms with Crippen LogP contribution >= 0.6 is 0 Å². The van der Waals surface area contributed by atoms with Gasteiger partial charge in [-0.15, -0.1) is 0 Å². The van der Waals surface area contributed by atoms with Crippen molar-refractivity contribution in [3.8, 4) is 0 Å². The Morgan fingerprint density at radius 1 is 1.23 bits per heavy atom. The zero-order chi connectivity index (χ0) is 10.3.